The molecule has 0 radical (unpaired) electrons. The molecule has 2 nitrogen and oxygen atoms in total. The van der Waals surface area contributed by atoms with Crippen molar-refractivity contribution in [3.05, 3.63) is 33.8 Å². The minimum Gasteiger partial charge on any atom is -0.352 e. The summed E-state index contributed by atoms with van der Waals surface area (Å²) >= 11 is 2.85. The van der Waals surface area contributed by atoms with Crippen LogP contribution in [-0.4, -0.2) is 12.5 Å². The van der Waals surface area contributed by atoms with Crippen molar-refractivity contribution >= 4 is 21.8 Å². The molecule has 0 unspecified atom stereocenters. The maximum absolute atomic E-state index is 13.0. The summed E-state index contributed by atoms with van der Waals surface area (Å²) in [5.74, 6) is -2.13. The molecular weight excluding hydrogens is 280 g/mol. The maximum Gasteiger partial charge on any atom is 0.251 e. The molecule has 88 valence electrons. The third-order valence-corrected chi connectivity index (χ3v) is 2.49. The van der Waals surface area contributed by atoms with Gasteiger partial charge in [0.1, 0.15) is 0 Å². The Hall–Kier alpha value is -0.970. The summed E-state index contributed by atoms with van der Waals surface area (Å²) in [6.07, 6.45) is 0. The Morgan fingerprint density at radius 2 is 2.06 bits per heavy atom. The molecule has 0 aliphatic heterocycles. The van der Waals surface area contributed by atoms with E-state index < -0.39 is 17.5 Å². The van der Waals surface area contributed by atoms with Gasteiger partial charge in [0.25, 0.3) is 5.91 Å². The van der Waals surface area contributed by atoms with Gasteiger partial charge in [-0.05, 0) is 34.0 Å². The largest absolute Gasteiger partial charge is 0.352 e. The highest BCUT2D eigenvalue weighted by atomic mass is 79.9. The van der Waals surface area contributed by atoms with E-state index in [1.165, 1.54) is 6.07 Å². The Morgan fingerprint density at radius 1 is 1.44 bits per heavy atom. The van der Waals surface area contributed by atoms with E-state index in [0.717, 1.165) is 6.07 Å². The summed E-state index contributed by atoms with van der Waals surface area (Å²) in [6.45, 7) is 4.39. The van der Waals surface area contributed by atoms with E-state index in [4.69, 9.17) is 0 Å². The standard InChI is InChI=1S/C11H12BrF2NO/c1-6(2)5-15-11(16)7-3-8(12)10(14)9(13)4-7/h3-4,6H,5H2,1-2H3,(H,15,16). The first kappa shape index (κ1) is 13.1. The molecule has 0 aliphatic rings. The first-order valence-electron chi connectivity index (χ1n) is 4.84. The van der Waals surface area contributed by atoms with Crippen LogP contribution in [-0.2, 0) is 0 Å². The number of carbonyl (C=O) groups is 1. The molecule has 0 aliphatic carbocycles. The molecule has 0 bridgehead atoms. The number of carbonyl (C=O) groups excluding carboxylic acids is 1. The van der Waals surface area contributed by atoms with Crippen LogP contribution in [0.15, 0.2) is 16.6 Å². The fourth-order valence-electron chi connectivity index (χ4n) is 1.09. The molecule has 1 amide bonds. The molecule has 1 aromatic carbocycles. The zero-order chi connectivity index (χ0) is 12.3. The lowest BCUT2D eigenvalue weighted by atomic mass is 10.2. The molecule has 0 saturated heterocycles. The third-order valence-electron chi connectivity index (χ3n) is 1.92. The number of halogens is 3. The van der Waals surface area contributed by atoms with Crippen LogP contribution in [0.1, 0.15) is 24.2 Å². The Kier molecular flexibility index (Phi) is 4.41. The van der Waals surface area contributed by atoms with Gasteiger partial charge in [0.2, 0.25) is 0 Å². The van der Waals surface area contributed by atoms with Crippen molar-refractivity contribution in [1.29, 1.82) is 0 Å². The van der Waals surface area contributed by atoms with E-state index in [-0.39, 0.29) is 10.0 Å². The van der Waals surface area contributed by atoms with Gasteiger partial charge < -0.3 is 5.32 Å². The zero-order valence-corrected chi connectivity index (χ0v) is 10.6. The van der Waals surface area contributed by atoms with Gasteiger partial charge in [-0.25, -0.2) is 8.78 Å². The summed E-state index contributed by atoms with van der Waals surface area (Å²) in [5, 5.41) is 2.62. The smallest absolute Gasteiger partial charge is 0.251 e. The minimum absolute atomic E-state index is 0.0535. The fourth-order valence-corrected chi connectivity index (χ4v) is 1.52. The number of hydrogen-bond donors (Lipinski definition) is 1. The van der Waals surface area contributed by atoms with Gasteiger partial charge in [0.05, 0.1) is 4.47 Å². The van der Waals surface area contributed by atoms with Crippen molar-refractivity contribution in [1.82, 2.24) is 5.32 Å². The van der Waals surface area contributed by atoms with E-state index in [0.29, 0.717) is 12.5 Å². The van der Waals surface area contributed by atoms with Crippen LogP contribution in [0.5, 0.6) is 0 Å². The first-order valence-corrected chi connectivity index (χ1v) is 5.64. The van der Waals surface area contributed by atoms with Crippen LogP contribution >= 0.6 is 15.9 Å². The summed E-state index contributed by atoms with van der Waals surface area (Å²) in [4.78, 5) is 11.5. The van der Waals surface area contributed by atoms with Crippen LogP contribution < -0.4 is 5.32 Å². The molecule has 0 atom stereocenters. The predicted octanol–water partition coefficient (Wildman–Crippen LogP) is 3.11. The quantitative estimate of drug-likeness (QED) is 0.852. The molecular formula is C11H12BrF2NO. The lowest BCUT2D eigenvalue weighted by Crippen LogP contribution is -2.27. The number of amides is 1. The summed E-state index contributed by atoms with van der Waals surface area (Å²) in [5.41, 5.74) is 0.103. The summed E-state index contributed by atoms with van der Waals surface area (Å²) in [6, 6.07) is 2.14. The SMILES string of the molecule is CC(C)CNC(=O)c1cc(F)c(F)c(Br)c1. The molecule has 0 spiro atoms. The molecule has 1 aromatic rings. The fraction of sp³-hybridized carbons (Fsp3) is 0.364. The highest BCUT2D eigenvalue weighted by Crippen LogP contribution is 2.20. The van der Waals surface area contributed by atoms with E-state index in [1.54, 1.807) is 0 Å². The highest BCUT2D eigenvalue weighted by Gasteiger charge is 2.13. The van der Waals surface area contributed by atoms with Crippen molar-refractivity contribution in [3.63, 3.8) is 0 Å². The van der Waals surface area contributed by atoms with Crippen molar-refractivity contribution < 1.29 is 13.6 Å². The third kappa shape index (κ3) is 3.27. The van der Waals surface area contributed by atoms with Crippen molar-refractivity contribution in [2.75, 3.05) is 6.54 Å². The number of nitrogens with one attached hydrogen (secondary N) is 1. The summed E-state index contributed by atoms with van der Waals surface area (Å²) in [7, 11) is 0. The predicted molar refractivity (Wildman–Crippen MR) is 61.2 cm³/mol. The van der Waals surface area contributed by atoms with Gasteiger partial charge >= 0.3 is 0 Å². The topological polar surface area (TPSA) is 29.1 Å². The number of rotatable bonds is 3. The van der Waals surface area contributed by atoms with Crippen LogP contribution in [0.25, 0.3) is 0 Å². The Bertz CT molecular complexity index is 384. The van der Waals surface area contributed by atoms with Crippen LogP contribution in [0.4, 0.5) is 8.78 Å². The van der Waals surface area contributed by atoms with E-state index in [2.05, 4.69) is 21.2 Å². The van der Waals surface area contributed by atoms with Crippen LogP contribution in [0.2, 0.25) is 0 Å². The van der Waals surface area contributed by atoms with Gasteiger partial charge in [-0.2, -0.15) is 0 Å². The minimum atomic E-state index is -1.04. The Labute approximate surface area is 101 Å². The maximum atomic E-state index is 13.0. The van der Waals surface area contributed by atoms with Gasteiger partial charge in [-0.15, -0.1) is 0 Å². The van der Waals surface area contributed by atoms with Gasteiger partial charge in [0.15, 0.2) is 11.6 Å². The molecule has 1 rings (SSSR count). The molecule has 0 aromatic heterocycles. The molecule has 5 heteroatoms. The molecule has 0 saturated carbocycles. The number of benzene rings is 1. The second-order valence-electron chi connectivity index (χ2n) is 3.86. The summed E-state index contributed by atoms with van der Waals surface area (Å²) < 4.78 is 25.9. The van der Waals surface area contributed by atoms with E-state index >= 15 is 0 Å². The van der Waals surface area contributed by atoms with Crippen LogP contribution in [0.3, 0.4) is 0 Å². The lowest BCUT2D eigenvalue weighted by Gasteiger charge is -2.08. The zero-order valence-electron chi connectivity index (χ0n) is 8.98. The van der Waals surface area contributed by atoms with Crippen LogP contribution in [0, 0.1) is 17.6 Å². The first-order chi connectivity index (χ1) is 7.41. The second-order valence-corrected chi connectivity index (χ2v) is 4.71. The van der Waals surface area contributed by atoms with Crippen molar-refractivity contribution in [2.45, 2.75) is 13.8 Å². The average molecular weight is 292 g/mol. The van der Waals surface area contributed by atoms with Gasteiger partial charge in [-0.1, -0.05) is 13.8 Å². The van der Waals surface area contributed by atoms with E-state index in [9.17, 15) is 13.6 Å². The van der Waals surface area contributed by atoms with Gasteiger partial charge in [0, 0.05) is 12.1 Å². The molecule has 1 N–H and O–H groups in total. The average Bonchev–Trinajstić information content (AvgIpc) is 2.21. The second kappa shape index (κ2) is 5.39. The molecule has 16 heavy (non-hydrogen) atoms. The Morgan fingerprint density at radius 3 is 2.56 bits per heavy atom. The normalized spacial score (nSPS) is 10.6. The number of hydrogen-bond acceptors (Lipinski definition) is 1. The molecule has 0 fully saturated rings. The van der Waals surface area contributed by atoms with E-state index in [1.807, 2.05) is 13.8 Å². The molecule has 0 heterocycles. The van der Waals surface area contributed by atoms with Gasteiger partial charge in [-0.3, -0.25) is 4.79 Å². The van der Waals surface area contributed by atoms with Crippen molar-refractivity contribution in [2.24, 2.45) is 5.92 Å². The lowest BCUT2D eigenvalue weighted by molar-refractivity contribution is 0.0948. The monoisotopic (exact) mass is 291 g/mol. The van der Waals surface area contributed by atoms with Crippen molar-refractivity contribution in [3.8, 4) is 0 Å². The highest BCUT2D eigenvalue weighted by molar-refractivity contribution is 9.10. The Balaban J connectivity index is 2.84.